The van der Waals surface area contributed by atoms with E-state index in [9.17, 15) is 4.79 Å². The zero-order valence-corrected chi connectivity index (χ0v) is 14.6. The fourth-order valence-electron chi connectivity index (χ4n) is 3.57. The Balaban J connectivity index is 1.92. The maximum atomic E-state index is 11.5. The molecule has 0 saturated carbocycles. The first kappa shape index (κ1) is 17.1. The van der Waals surface area contributed by atoms with Gasteiger partial charge < -0.3 is 9.53 Å². The number of aldehydes is 1. The van der Waals surface area contributed by atoms with Crippen molar-refractivity contribution in [3.8, 4) is 0 Å². The van der Waals surface area contributed by atoms with Crippen molar-refractivity contribution in [1.29, 1.82) is 0 Å². The Bertz CT molecular complexity index is 684. The number of nitrogens with one attached hydrogen (secondary N) is 1. The van der Waals surface area contributed by atoms with Gasteiger partial charge in [-0.1, -0.05) is 56.3 Å². The first-order chi connectivity index (χ1) is 11.6. The van der Waals surface area contributed by atoms with Gasteiger partial charge in [0.1, 0.15) is 12.0 Å². The molecule has 3 nitrogen and oxygen atoms in total. The molecule has 0 spiro atoms. The standard InChI is InChI=1S/C21H27NO2/c1-16(2)20(15-23)22-21(12-5-6-13-24-21)14-18-10-7-9-17-8-3-4-11-19(17)18/h3-4,7-11,15-16,20,22H,5-6,12-14H2,1-2H3/t20-,21?/m1/s1. The van der Waals surface area contributed by atoms with Crippen molar-refractivity contribution in [1.82, 2.24) is 5.32 Å². The Hall–Kier alpha value is -1.71. The van der Waals surface area contributed by atoms with Gasteiger partial charge in [0.25, 0.3) is 0 Å². The van der Waals surface area contributed by atoms with Crippen molar-refractivity contribution in [2.24, 2.45) is 5.92 Å². The van der Waals surface area contributed by atoms with Crippen LogP contribution in [0.5, 0.6) is 0 Å². The quantitative estimate of drug-likeness (QED) is 0.813. The lowest BCUT2D eigenvalue weighted by Gasteiger charge is -2.41. The van der Waals surface area contributed by atoms with Crippen LogP contribution in [0.4, 0.5) is 0 Å². The number of hydrogen-bond donors (Lipinski definition) is 1. The normalized spacial score (nSPS) is 22.6. The third-order valence-electron chi connectivity index (χ3n) is 5.00. The molecule has 1 N–H and O–H groups in total. The van der Waals surface area contributed by atoms with E-state index in [0.717, 1.165) is 38.6 Å². The molecule has 2 aromatic rings. The summed E-state index contributed by atoms with van der Waals surface area (Å²) in [5, 5.41) is 6.05. The van der Waals surface area contributed by atoms with Gasteiger partial charge in [-0.25, -0.2) is 0 Å². The molecule has 1 aliphatic rings. The zero-order valence-electron chi connectivity index (χ0n) is 14.6. The maximum absolute atomic E-state index is 11.5. The molecule has 0 amide bonds. The molecule has 1 aliphatic heterocycles. The van der Waals surface area contributed by atoms with Crippen molar-refractivity contribution in [2.45, 2.75) is 51.3 Å². The van der Waals surface area contributed by atoms with Crippen LogP contribution in [0.2, 0.25) is 0 Å². The first-order valence-corrected chi connectivity index (χ1v) is 8.97. The average molecular weight is 325 g/mol. The van der Waals surface area contributed by atoms with Crippen LogP contribution in [-0.4, -0.2) is 24.7 Å². The second kappa shape index (κ2) is 7.45. The Labute approximate surface area is 144 Å². The van der Waals surface area contributed by atoms with E-state index in [1.807, 2.05) is 0 Å². The smallest absolute Gasteiger partial charge is 0.137 e. The van der Waals surface area contributed by atoms with E-state index in [1.54, 1.807) is 0 Å². The summed E-state index contributed by atoms with van der Waals surface area (Å²) in [7, 11) is 0. The van der Waals surface area contributed by atoms with Gasteiger partial charge in [-0.3, -0.25) is 5.32 Å². The highest BCUT2D eigenvalue weighted by atomic mass is 16.5. The topological polar surface area (TPSA) is 38.3 Å². The molecule has 0 aliphatic carbocycles. The predicted octanol–water partition coefficient (Wildman–Crippen LogP) is 4.09. The fraction of sp³-hybridized carbons (Fsp3) is 0.476. The molecule has 3 heteroatoms. The van der Waals surface area contributed by atoms with Crippen LogP contribution < -0.4 is 5.32 Å². The minimum Gasteiger partial charge on any atom is -0.360 e. The maximum Gasteiger partial charge on any atom is 0.137 e. The molecule has 0 aromatic heterocycles. The number of carbonyl (C=O) groups is 1. The third kappa shape index (κ3) is 3.68. The second-order valence-electron chi connectivity index (χ2n) is 7.17. The highest BCUT2D eigenvalue weighted by molar-refractivity contribution is 5.85. The van der Waals surface area contributed by atoms with Crippen molar-refractivity contribution in [2.75, 3.05) is 6.61 Å². The molecule has 1 saturated heterocycles. The number of hydrogen-bond acceptors (Lipinski definition) is 3. The minimum absolute atomic E-state index is 0.182. The van der Waals surface area contributed by atoms with Gasteiger partial charge in [0.15, 0.2) is 0 Å². The van der Waals surface area contributed by atoms with Gasteiger partial charge in [-0.05, 0) is 41.5 Å². The van der Waals surface area contributed by atoms with Crippen LogP contribution in [0.15, 0.2) is 42.5 Å². The molecule has 0 radical (unpaired) electrons. The molecule has 1 heterocycles. The monoisotopic (exact) mass is 325 g/mol. The molecule has 1 unspecified atom stereocenters. The third-order valence-corrected chi connectivity index (χ3v) is 5.00. The van der Waals surface area contributed by atoms with Crippen LogP contribution in [-0.2, 0) is 16.0 Å². The molecule has 24 heavy (non-hydrogen) atoms. The largest absolute Gasteiger partial charge is 0.360 e. The number of rotatable bonds is 6. The van der Waals surface area contributed by atoms with E-state index in [1.165, 1.54) is 16.3 Å². The lowest BCUT2D eigenvalue weighted by atomic mass is 9.90. The van der Waals surface area contributed by atoms with E-state index in [2.05, 4.69) is 61.6 Å². The van der Waals surface area contributed by atoms with Crippen molar-refractivity contribution in [3.63, 3.8) is 0 Å². The summed E-state index contributed by atoms with van der Waals surface area (Å²) in [5.41, 5.74) is 0.828. The van der Waals surface area contributed by atoms with Crippen LogP contribution in [0.3, 0.4) is 0 Å². The van der Waals surface area contributed by atoms with Crippen molar-refractivity contribution >= 4 is 17.1 Å². The Morgan fingerprint density at radius 3 is 2.67 bits per heavy atom. The van der Waals surface area contributed by atoms with Gasteiger partial charge in [0.05, 0.1) is 6.04 Å². The lowest BCUT2D eigenvalue weighted by molar-refractivity contribution is -0.125. The molecule has 0 bridgehead atoms. The van der Waals surface area contributed by atoms with Crippen molar-refractivity contribution < 1.29 is 9.53 Å². The lowest BCUT2D eigenvalue weighted by Crippen LogP contribution is -2.57. The Morgan fingerprint density at radius 2 is 1.96 bits per heavy atom. The second-order valence-corrected chi connectivity index (χ2v) is 7.17. The van der Waals surface area contributed by atoms with Crippen LogP contribution >= 0.6 is 0 Å². The van der Waals surface area contributed by atoms with Gasteiger partial charge in [0, 0.05) is 13.0 Å². The van der Waals surface area contributed by atoms with Gasteiger partial charge in [-0.15, -0.1) is 0 Å². The first-order valence-electron chi connectivity index (χ1n) is 8.97. The average Bonchev–Trinajstić information content (AvgIpc) is 2.61. The number of benzene rings is 2. The van der Waals surface area contributed by atoms with E-state index in [-0.39, 0.29) is 12.0 Å². The molecule has 3 rings (SSSR count). The molecular formula is C21H27NO2. The van der Waals surface area contributed by atoms with Gasteiger partial charge in [-0.2, -0.15) is 0 Å². The van der Waals surface area contributed by atoms with E-state index in [0.29, 0.717) is 0 Å². The summed E-state index contributed by atoms with van der Waals surface area (Å²) in [6.45, 7) is 4.89. The number of ether oxygens (including phenoxy) is 1. The zero-order chi connectivity index (χ0) is 17.0. The number of carbonyl (C=O) groups excluding carboxylic acids is 1. The minimum atomic E-state index is -0.446. The van der Waals surface area contributed by atoms with Crippen LogP contribution in [0.25, 0.3) is 10.8 Å². The fourth-order valence-corrected chi connectivity index (χ4v) is 3.57. The highest BCUT2D eigenvalue weighted by Crippen LogP contribution is 2.30. The summed E-state index contributed by atoms with van der Waals surface area (Å²) in [6, 6.07) is 14.7. The summed E-state index contributed by atoms with van der Waals surface area (Å²) < 4.78 is 6.23. The molecule has 128 valence electrons. The summed E-state index contributed by atoms with van der Waals surface area (Å²) in [5.74, 6) is 0.248. The summed E-state index contributed by atoms with van der Waals surface area (Å²) in [6.07, 6.45) is 4.96. The molecule has 2 aromatic carbocycles. The van der Waals surface area contributed by atoms with Gasteiger partial charge in [0.2, 0.25) is 0 Å². The molecule has 2 atom stereocenters. The molecular weight excluding hydrogens is 298 g/mol. The van der Waals surface area contributed by atoms with Crippen LogP contribution in [0, 0.1) is 5.92 Å². The Morgan fingerprint density at radius 1 is 1.17 bits per heavy atom. The summed E-state index contributed by atoms with van der Waals surface area (Å²) >= 11 is 0. The van der Waals surface area contributed by atoms with Gasteiger partial charge >= 0.3 is 0 Å². The van der Waals surface area contributed by atoms with E-state index in [4.69, 9.17) is 4.74 Å². The SMILES string of the molecule is CC(C)[C@@H](C=O)NC1(Cc2cccc3ccccc23)CCCCO1. The van der Waals surface area contributed by atoms with Crippen LogP contribution in [0.1, 0.15) is 38.7 Å². The number of fused-ring (bicyclic) bond motifs is 1. The predicted molar refractivity (Wildman–Crippen MR) is 98.0 cm³/mol. The van der Waals surface area contributed by atoms with E-state index < -0.39 is 5.72 Å². The molecule has 1 fully saturated rings. The van der Waals surface area contributed by atoms with E-state index >= 15 is 0 Å². The van der Waals surface area contributed by atoms with Crippen molar-refractivity contribution in [3.05, 3.63) is 48.0 Å². The summed E-state index contributed by atoms with van der Waals surface area (Å²) in [4.78, 5) is 11.5. The Kier molecular flexibility index (Phi) is 5.32. The highest BCUT2D eigenvalue weighted by Gasteiger charge is 2.36.